The Labute approximate surface area is 157 Å². The van der Waals surface area contributed by atoms with Crippen molar-refractivity contribution in [3.05, 3.63) is 35.7 Å². The molecule has 2 heterocycles. The highest BCUT2D eigenvalue weighted by atomic mass is 16.5. The lowest BCUT2D eigenvalue weighted by molar-refractivity contribution is -0.115. The van der Waals surface area contributed by atoms with Crippen molar-refractivity contribution in [3.8, 4) is 17.2 Å². The molecule has 0 aliphatic carbocycles. The largest absolute Gasteiger partial charge is 0.493 e. The fourth-order valence-electron chi connectivity index (χ4n) is 3.06. The lowest BCUT2D eigenvalue weighted by atomic mass is 10.1. The van der Waals surface area contributed by atoms with Crippen LogP contribution in [0.3, 0.4) is 0 Å². The summed E-state index contributed by atoms with van der Waals surface area (Å²) in [6, 6.07) is 5.40. The third kappa shape index (κ3) is 3.51. The van der Waals surface area contributed by atoms with E-state index in [1.807, 2.05) is 20.0 Å². The Hall–Kier alpha value is -3.29. The van der Waals surface area contributed by atoms with Crippen molar-refractivity contribution >= 4 is 22.6 Å². The molecule has 27 heavy (non-hydrogen) atoms. The predicted octanol–water partition coefficient (Wildman–Crippen LogP) is 2.48. The lowest BCUT2D eigenvalue weighted by Gasteiger charge is -2.15. The van der Waals surface area contributed by atoms with Crippen LogP contribution in [0.4, 0.5) is 5.69 Å². The molecule has 3 aromatic rings. The number of anilines is 1. The zero-order valence-electron chi connectivity index (χ0n) is 16.0. The molecule has 0 radical (unpaired) electrons. The van der Waals surface area contributed by atoms with Crippen LogP contribution in [0, 0.1) is 6.92 Å². The maximum atomic E-state index is 12.5. The van der Waals surface area contributed by atoms with Crippen LogP contribution >= 0.6 is 0 Å². The molecule has 142 valence electrons. The van der Waals surface area contributed by atoms with Crippen LogP contribution in [0.2, 0.25) is 0 Å². The van der Waals surface area contributed by atoms with Crippen LogP contribution in [-0.4, -0.2) is 42.0 Å². The van der Waals surface area contributed by atoms with Gasteiger partial charge in [0.15, 0.2) is 17.1 Å². The Kier molecular flexibility index (Phi) is 5.16. The van der Waals surface area contributed by atoms with Crippen LogP contribution in [-0.2, 0) is 18.3 Å². The van der Waals surface area contributed by atoms with Crippen molar-refractivity contribution in [2.75, 3.05) is 26.6 Å². The van der Waals surface area contributed by atoms with Crippen LogP contribution < -0.4 is 19.5 Å². The summed E-state index contributed by atoms with van der Waals surface area (Å²) in [4.78, 5) is 16.9. The fourth-order valence-corrected chi connectivity index (χ4v) is 3.06. The second-order valence-electron chi connectivity index (χ2n) is 6.02. The third-order valence-electron chi connectivity index (χ3n) is 4.28. The quantitative estimate of drug-likeness (QED) is 0.717. The van der Waals surface area contributed by atoms with Crippen molar-refractivity contribution in [1.29, 1.82) is 0 Å². The number of carbonyl (C=O) groups excluding carboxylic acids is 1. The Balaban J connectivity index is 1.83. The lowest BCUT2D eigenvalue weighted by Crippen LogP contribution is -2.15. The summed E-state index contributed by atoms with van der Waals surface area (Å²) in [5.41, 5.74) is 2.94. The number of rotatable bonds is 6. The molecule has 0 aliphatic rings. The molecule has 0 saturated carbocycles. The van der Waals surface area contributed by atoms with E-state index in [0.29, 0.717) is 28.5 Å². The summed E-state index contributed by atoms with van der Waals surface area (Å²) >= 11 is 0. The molecule has 0 spiro atoms. The van der Waals surface area contributed by atoms with E-state index in [-0.39, 0.29) is 12.3 Å². The number of fused-ring (bicyclic) bond motifs is 1. The van der Waals surface area contributed by atoms with Gasteiger partial charge < -0.3 is 19.5 Å². The highest BCUT2D eigenvalue weighted by molar-refractivity contribution is 5.94. The smallest absolute Gasteiger partial charge is 0.228 e. The van der Waals surface area contributed by atoms with E-state index >= 15 is 0 Å². The minimum atomic E-state index is -0.191. The minimum absolute atomic E-state index is 0.119. The average Bonchev–Trinajstić information content (AvgIpc) is 2.94. The molecule has 3 rings (SSSR count). The molecule has 1 aromatic carbocycles. The molecule has 0 aliphatic heterocycles. The number of aromatic nitrogens is 3. The number of methoxy groups -OCH3 is 3. The fraction of sp³-hybridized carbons (Fsp3) is 0.316. The van der Waals surface area contributed by atoms with Gasteiger partial charge >= 0.3 is 0 Å². The monoisotopic (exact) mass is 370 g/mol. The van der Waals surface area contributed by atoms with Crippen molar-refractivity contribution in [1.82, 2.24) is 14.8 Å². The topological polar surface area (TPSA) is 87.5 Å². The van der Waals surface area contributed by atoms with Gasteiger partial charge in [-0.3, -0.25) is 9.48 Å². The van der Waals surface area contributed by atoms with E-state index in [4.69, 9.17) is 14.2 Å². The molecule has 0 atom stereocenters. The summed E-state index contributed by atoms with van der Waals surface area (Å²) in [5, 5.41) is 8.11. The standard InChI is InChI=1S/C19H22N4O4/c1-11-14-9-13(10-20-19(14)23(2)22-11)21-16(24)8-12-6-7-15(25-3)18(27-5)17(12)26-4/h6-7,9-10H,8H2,1-5H3,(H,21,24). The number of nitrogens with zero attached hydrogens (tertiary/aromatic N) is 3. The maximum absolute atomic E-state index is 12.5. The highest BCUT2D eigenvalue weighted by Crippen LogP contribution is 2.40. The van der Waals surface area contributed by atoms with Crippen LogP contribution in [0.1, 0.15) is 11.3 Å². The maximum Gasteiger partial charge on any atom is 0.228 e. The number of nitrogens with one attached hydrogen (secondary N) is 1. The van der Waals surface area contributed by atoms with Gasteiger partial charge in [-0.1, -0.05) is 6.07 Å². The first-order valence-corrected chi connectivity index (χ1v) is 8.35. The van der Waals surface area contributed by atoms with Crippen LogP contribution in [0.15, 0.2) is 24.4 Å². The average molecular weight is 370 g/mol. The molecular formula is C19H22N4O4. The number of hydrogen-bond donors (Lipinski definition) is 1. The number of amides is 1. The van der Waals surface area contributed by atoms with E-state index in [1.165, 1.54) is 14.2 Å². The van der Waals surface area contributed by atoms with Gasteiger partial charge in [0, 0.05) is 18.0 Å². The first kappa shape index (κ1) is 18.5. The van der Waals surface area contributed by atoms with Gasteiger partial charge in [0.2, 0.25) is 11.7 Å². The van der Waals surface area contributed by atoms with Crippen molar-refractivity contribution < 1.29 is 19.0 Å². The van der Waals surface area contributed by atoms with E-state index in [0.717, 1.165) is 16.7 Å². The molecule has 2 aromatic heterocycles. The van der Waals surface area contributed by atoms with Crippen molar-refractivity contribution in [2.24, 2.45) is 7.05 Å². The van der Waals surface area contributed by atoms with Crippen molar-refractivity contribution in [2.45, 2.75) is 13.3 Å². The summed E-state index contributed by atoms with van der Waals surface area (Å²) in [6.07, 6.45) is 1.74. The molecule has 1 amide bonds. The zero-order valence-corrected chi connectivity index (χ0v) is 16.0. The number of pyridine rings is 1. The second kappa shape index (κ2) is 7.53. The zero-order chi connectivity index (χ0) is 19.6. The number of benzene rings is 1. The Bertz CT molecular complexity index is 997. The van der Waals surface area contributed by atoms with Gasteiger partial charge in [-0.05, 0) is 19.1 Å². The molecule has 0 fully saturated rings. The first-order chi connectivity index (χ1) is 13.0. The number of carbonyl (C=O) groups is 1. The Morgan fingerprint density at radius 3 is 2.56 bits per heavy atom. The van der Waals surface area contributed by atoms with Gasteiger partial charge in [0.25, 0.3) is 0 Å². The summed E-state index contributed by atoms with van der Waals surface area (Å²) in [5.74, 6) is 1.28. The van der Waals surface area contributed by atoms with Crippen molar-refractivity contribution in [3.63, 3.8) is 0 Å². The molecule has 0 unspecified atom stereocenters. The Morgan fingerprint density at radius 1 is 1.15 bits per heavy atom. The highest BCUT2D eigenvalue weighted by Gasteiger charge is 2.18. The number of ether oxygens (including phenoxy) is 3. The molecule has 1 N–H and O–H groups in total. The molecule has 0 bridgehead atoms. The van der Waals surface area contributed by atoms with Gasteiger partial charge in [-0.15, -0.1) is 0 Å². The number of hydrogen-bond acceptors (Lipinski definition) is 6. The van der Waals surface area contributed by atoms with Gasteiger partial charge in [0.1, 0.15) is 0 Å². The number of aryl methyl sites for hydroxylation is 2. The SMILES string of the molecule is COc1ccc(CC(=O)Nc2cnc3c(c2)c(C)nn3C)c(OC)c1OC. The molecule has 8 nitrogen and oxygen atoms in total. The normalized spacial score (nSPS) is 10.7. The van der Waals surface area contributed by atoms with Crippen LogP contribution in [0.25, 0.3) is 11.0 Å². The van der Waals surface area contributed by atoms with E-state index in [1.54, 1.807) is 30.1 Å². The molecule has 8 heteroatoms. The van der Waals surface area contributed by atoms with Gasteiger partial charge in [-0.25, -0.2) is 4.98 Å². The van der Waals surface area contributed by atoms with Gasteiger partial charge in [-0.2, -0.15) is 5.10 Å². The Morgan fingerprint density at radius 2 is 1.89 bits per heavy atom. The molecular weight excluding hydrogens is 348 g/mol. The second-order valence-corrected chi connectivity index (χ2v) is 6.02. The molecule has 0 saturated heterocycles. The first-order valence-electron chi connectivity index (χ1n) is 8.35. The predicted molar refractivity (Wildman–Crippen MR) is 102 cm³/mol. The minimum Gasteiger partial charge on any atom is -0.493 e. The summed E-state index contributed by atoms with van der Waals surface area (Å²) in [7, 11) is 6.44. The van der Waals surface area contributed by atoms with E-state index in [9.17, 15) is 4.79 Å². The van der Waals surface area contributed by atoms with Gasteiger partial charge in [0.05, 0.1) is 45.3 Å². The summed E-state index contributed by atoms with van der Waals surface area (Å²) in [6.45, 7) is 1.91. The third-order valence-corrected chi connectivity index (χ3v) is 4.28. The van der Waals surface area contributed by atoms with Crippen LogP contribution in [0.5, 0.6) is 17.2 Å². The van der Waals surface area contributed by atoms with E-state index in [2.05, 4.69) is 15.4 Å². The summed E-state index contributed by atoms with van der Waals surface area (Å²) < 4.78 is 17.8. The van der Waals surface area contributed by atoms with E-state index < -0.39 is 0 Å².